The normalized spacial score (nSPS) is 21.3. The Morgan fingerprint density at radius 1 is 1.17 bits per heavy atom. The van der Waals surface area contributed by atoms with Crippen LogP contribution in [0, 0.1) is 5.82 Å². The summed E-state index contributed by atoms with van der Waals surface area (Å²) in [5.74, 6) is -0.337. The molecule has 1 fully saturated rings. The van der Waals surface area contributed by atoms with Gasteiger partial charge in [-0.1, -0.05) is 12.1 Å². The van der Waals surface area contributed by atoms with E-state index < -0.39 is 18.3 Å². The van der Waals surface area contributed by atoms with Crippen LogP contribution in [0.3, 0.4) is 0 Å². The van der Waals surface area contributed by atoms with Gasteiger partial charge in [0.1, 0.15) is 5.82 Å². The van der Waals surface area contributed by atoms with Crippen molar-refractivity contribution >= 4 is 12.6 Å². The number of halogens is 1. The second-order valence-corrected chi connectivity index (χ2v) is 5.65. The lowest BCUT2D eigenvalue weighted by atomic mass is 9.78. The number of benzene rings is 1. The number of nitrogens with two attached hydrogens (primary N) is 1. The predicted octanol–water partition coefficient (Wildman–Crippen LogP) is 1.58. The molecular formula is C13H19BFNO2. The molecule has 1 aromatic rings. The summed E-state index contributed by atoms with van der Waals surface area (Å²) in [7, 11) is -0.665. The van der Waals surface area contributed by atoms with Crippen molar-refractivity contribution in [2.24, 2.45) is 5.73 Å². The molecule has 3 nitrogen and oxygen atoms in total. The lowest BCUT2D eigenvalue weighted by Gasteiger charge is -2.32. The van der Waals surface area contributed by atoms with Crippen LogP contribution in [0.2, 0.25) is 0 Å². The monoisotopic (exact) mass is 251 g/mol. The van der Waals surface area contributed by atoms with E-state index in [1.165, 1.54) is 6.07 Å². The van der Waals surface area contributed by atoms with E-state index in [0.29, 0.717) is 12.0 Å². The summed E-state index contributed by atoms with van der Waals surface area (Å²) in [6, 6.07) is 4.91. The van der Waals surface area contributed by atoms with Crippen molar-refractivity contribution in [2.45, 2.75) is 45.4 Å². The van der Waals surface area contributed by atoms with Crippen LogP contribution in [0.25, 0.3) is 0 Å². The van der Waals surface area contributed by atoms with Crippen LogP contribution in [0.5, 0.6) is 0 Å². The molecule has 1 aromatic carbocycles. The fourth-order valence-electron chi connectivity index (χ4n) is 1.86. The van der Waals surface area contributed by atoms with Crippen molar-refractivity contribution in [2.75, 3.05) is 0 Å². The van der Waals surface area contributed by atoms with E-state index in [0.717, 1.165) is 5.56 Å². The summed E-state index contributed by atoms with van der Waals surface area (Å²) in [6.07, 6.45) is 0. The van der Waals surface area contributed by atoms with E-state index in [1.54, 1.807) is 12.1 Å². The molecule has 1 aliphatic rings. The SMILES string of the molecule is CC1(C)OB(c2ccc(CN)cc2F)OC1(C)C. The summed E-state index contributed by atoms with van der Waals surface area (Å²) in [4.78, 5) is 0. The first-order valence-corrected chi connectivity index (χ1v) is 6.11. The fraction of sp³-hybridized carbons (Fsp3) is 0.538. The van der Waals surface area contributed by atoms with Crippen molar-refractivity contribution in [1.82, 2.24) is 0 Å². The maximum absolute atomic E-state index is 14.0. The zero-order valence-corrected chi connectivity index (χ0v) is 11.3. The molecule has 0 atom stereocenters. The summed E-state index contributed by atoms with van der Waals surface area (Å²) in [5, 5.41) is 0. The molecule has 2 rings (SSSR count). The highest BCUT2D eigenvalue weighted by Crippen LogP contribution is 2.36. The molecule has 18 heavy (non-hydrogen) atoms. The molecule has 0 spiro atoms. The lowest BCUT2D eigenvalue weighted by molar-refractivity contribution is 0.00578. The molecule has 0 amide bonds. The van der Waals surface area contributed by atoms with E-state index in [-0.39, 0.29) is 5.82 Å². The Morgan fingerprint density at radius 2 is 1.72 bits per heavy atom. The van der Waals surface area contributed by atoms with Crippen molar-refractivity contribution in [3.05, 3.63) is 29.6 Å². The van der Waals surface area contributed by atoms with Crippen LogP contribution in [0.1, 0.15) is 33.3 Å². The van der Waals surface area contributed by atoms with E-state index in [1.807, 2.05) is 27.7 Å². The highest BCUT2D eigenvalue weighted by Gasteiger charge is 2.52. The van der Waals surface area contributed by atoms with Gasteiger partial charge in [-0.25, -0.2) is 4.39 Å². The quantitative estimate of drug-likeness (QED) is 0.811. The summed E-state index contributed by atoms with van der Waals surface area (Å²) < 4.78 is 25.6. The van der Waals surface area contributed by atoms with Gasteiger partial charge in [0, 0.05) is 12.0 Å². The standard InChI is InChI=1S/C13H19BFNO2/c1-12(2)13(3,4)18-14(17-12)10-6-5-9(8-16)7-11(10)15/h5-7H,8,16H2,1-4H3. The molecule has 0 unspecified atom stereocenters. The summed E-state index contributed by atoms with van der Waals surface area (Å²) in [6.45, 7) is 8.09. The van der Waals surface area contributed by atoms with Gasteiger partial charge in [-0.3, -0.25) is 0 Å². The third-order valence-electron chi connectivity index (χ3n) is 3.81. The van der Waals surface area contributed by atoms with Gasteiger partial charge < -0.3 is 15.0 Å². The fourth-order valence-corrected chi connectivity index (χ4v) is 1.86. The average molecular weight is 251 g/mol. The summed E-state index contributed by atoms with van der Waals surface area (Å²) in [5.41, 5.74) is 5.74. The molecule has 98 valence electrons. The first-order valence-electron chi connectivity index (χ1n) is 6.11. The first-order chi connectivity index (χ1) is 8.27. The maximum atomic E-state index is 14.0. The molecule has 2 N–H and O–H groups in total. The van der Waals surface area contributed by atoms with Crippen LogP contribution < -0.4 is 11.2 Å². The Morgan fingerprint density at radius 3 is 2.17 bits per heavy atom. The second-order valence-electron chi connectivity index (χ2n) is 5.65. The number of hydrogen-bond donors (Lipinski definition) is 1. The van der Waals surface area contributed by atoms with Crippen LogP contribution >= 0.6 is 0 Å². The Kier molecular flexibility index (Phi) is 3.26. The Bertz CT molecular complexity index is 446. The highest BCUT2D eigenvalue weighted by molar-refractivity contribution is 6.62. The molecular weight excluding hydrogens is 232 g/mol. The molecule has 0 aromatic heterocycles. The van der Waals surface area contributed by atoms with Crippen LogP contribution in [-0.2, 0) is 15.9 Å². The Balaban J connectivity index is 2.30. The van der Waals surface area contributed by atoms with Gasteiger partial charge >= 0.3 is 7.12 Å². The largest absolute Gasteiger partial charge is 0.497 e. The first kappa shape index (κ1) is 13.5. The van der Waals surface area contributed by atoms with E-state index in [2.05, 4.69) is 0 Å². The average Bonchev–Trinajstić information content (AvgIpc) is 2.47. The second kappa shape index (κ2) is 4.33. The minimum Gasteiger partial charge on any atom is -0.399 e. The van der Waals surface area contributed by atoms with Crippen molar-refractivity contribution in [1.29, 1.82) is 0 Å². The van der Waals surface area contributed by atoms with E-state index >= 15 is 0 Å². The number of hydrogen-bond acceptors (Lipinski definition) is 3. The Hall–Kier alpha value is -0.905. The molecule has 0 saturated carbocycles. The molecule has 1 saturated heterocycles. The minimum atomic E-state index is -0.665. The Labute approximate surface area is 108 Å². The van der Waals surface area contributed by atoms with Gasteiger partial charge in [0.25, 0.3) is 0 Å². The smallest absolute Gasteiger partial charge is 0.399 e. The minimum absolute atomic E-state index is 0.320. The van der Waals surface area contributed by atoms with Gasteiger partial charge in [0.05, 0.1) is 11.2 Å². The van der Waals surface area contributed by atoms with Crippen molar-refractivity contribution in [3.63, 3.8) is 0 Å². The molecule has 0 bridgehead atoms. The van der Waals surface area contributed by atoms with Gasteiger partial charge in [-0.2, -0.15) is 0 Å². The zero-order chi connectivity index (χ0) is 13.6. The molecule has 1 heterocycles. The van der Waals surface area contributed by atoms with Crippen LogP contribution in [0.4, 0.5) is 4.39 Å². The third-order valence-corrected chi connectivity index (χ3v) is 3.81. The van der Waals surface area contributed by atoms with Crippen LogP contribution in [0.15, 0.2) is 18.2 Å². The van der Waals surface area contributed by atoms with E-state index in [9.17, 15) is 4.39 Å². The van der Waals surface area contributed by atoms with Crippen molar-refractivity contribution < 1.29 is 13.7 Å². The molecule has 1 aliphatic heterocycles. The van der Waals surface area contributed by atoms with Gasteiger partial charge in [0.2, 0.25) is 0 Å². The van der Waals surface area contributed by atoms with Crippen molar-refractivity contribution in [3.8, 4) is 0 Å². The molecule has 0 aliphatic carbocycles. The molecule has 5 heteroatoms. The molecule has 0 radical (unpaired) electrons. The maximum Gasteiger partial charge on any atom is 0.497 e. The van der Waals surface area contributed by atoms with Gasteiger partial charge in [-0.15, -0.1) is 0 Å². The zero-order valence-electron chi connectivity index (χ0n) is 11.3. The van der Waals surface area contributed by atoms with E-state index in [4.69, 9.17) is 15.0 Å². The van der Waals surface area contributed by atoms with Gasteiger partial charge in [0.15, 0.2) is 0 Å². The number of rotatable bonds is 2. The van der Waals surface area contributed by atoms with Crippen LogP contribution in [-0.4, -0.2) is 18.3 Å². The lowest BCUT2D eigenvalue weighted by Crippen LogP contribution is -2.41. The third kappa shape index (κ3) is 2.18. The van der Waals surface area contributed by atoms with Gasteiger partial charge in [-0.05, 0) is 39.3 Å². The highest BCUT2D eigenvalue weighted by atomic mass is 19.1. The summed E-state index contributed by atoms with van der Waals surface area (Å²) >= 11 is 0. The predicted molar refractivity (Wildman–Crippen MR) is 70.0 cm³/mol. The topological polar surface area (TPSA) is 44.5 Å².